The second kappa shape index (κ2) is 7.82. The van der Waals surface area contributed by atoms with Crippen LogP contribution in [0.25, 0.3) is 0 Å². The van der Waals surface area contributed by atoms with E-state index in [0.29, 0.717) is 18.1 Å². The number of carbonyl (C=O) groups is 2. The van der Waals surface area contributed by atoms with E-state index in [1.807, 2.05) is 0 Å². The molecule has 0 spiro atoms. The maximum atomic E-state index is 13.0. The Kier molecular flexibility index (Phi) is 5.44. The van der Waals surface area contributed by atoms with Gasteiger partial charge in [-0.2, -0.15) is 0 Å². The van der Waals surface area contributed by atoms with E-state index in [-0.39, 0.29) is 28.9 Å². The first-order chi connectivity index (χ1) is 13.0. The van der Waals surface area contributed by atoms with Gasteiger partial charge in [-0.3, -0.25) is 9.59 Å². The average Bonchev–Trinajstić information content (AvgIpc) is 3.28. The molecule has 1 aromatic carbocycles. The van der Waals surface area contributed by atoms with Gasteiger partial charge in [-0.05, 0) is 68.1 Å². The van der Waals surface area contributed by atoms with Gasteiger partial charge in [-0.25, -0.2) is 4.39 Å². The normalized spacial score (nSPS) is 33.6. The molecule has 1 aromatic rings. The van der Waals surface area contributed by atoms with E-state index < -0.39 is 6.04 Å². The number of hydrogen-bond donors (Lipinski definition) is 2. The van der Waals surface area contributed by atoms with E-state index in [0.717, 1.165) is 17.4 Å². The highest BCUT2D eigenvalue weighted by Crippen LogP contribution is 2.49. The molecule has 0 unspecified atom stereocenters. The summed E-state index contributed by atoms with van der Waals surface area (Å²) in [5, 5.41) is 5.81. The molecule has 1 saturated heterocycles. The molecule has 6 atom stereocenters. The van der Waals surface area contributed by atoms with Gasteiger partial charge < -0.3 is 10.6 Å². The molecule has 146 valence electrons. The van der Waals surface area contributed by atoms with Gasteiger partial charge in [0.25, 0.3) is 0 Å². The third-order valence-electron chi connectivity index (χ3n) is 6.53. The minimum Gasteiger partial charge on any atom is -0.352 e. The van der Waals surface area contributed by atoms with Crippen molar-refractivity contribution in [3.8, 4) is 0 Å². The van der Waals surface area contributed by atoms with Crippen molar-refractivity contribution in [2.24, 2.45) is 17.8 Å². The molecule has 2 bridgehead atoms. The van der Waals surface area contributed by atoms with Crippen LogP contribution in [0.5, 0.6) is 0 Å². The fourth-order valence-electron chi connectivity index (χ4n) is 5.06. The molecule has 27 heavy (non-hydrogen) atoms. The smallest absolute Gasteiger partial charge is 0.243 e. The third-order valence-corrected chi connectivity index (χ3v) is 7.84. The number of hydrogen-bond acceptors (Lipinski definition) is 3. The molecule has 2 saturated carbocycles. The Hall–Kier alpha value is -1.56. The molecule has 3 aliphatic rings. The zero-order valence-corrected chi connectivity index (χ0v) is 16.4. The topological polar surface area (TPSA) is 58.2 Å². The van der Waals surface area contributed by atoms with Gasteiger partial charge in [0.1, 0.15) is 11.9 Å². The molecular formula is C21H27FN2O2S. The number of rotatable bonds is 5. The second-order valence-electron chi connectivity index (χ2n) is 8.35. The summed E-state index contributed by atoms with van der Waals surface area (Å²) in [6, 6.07) is 5.94. The summed E-state index contributed by atoms with van der Waals surface area (Å²) in [5.74, 6) is 2.34. The van der Waals surface area contributed by atoms with E-state index in [1.54, 1.807) is 12.1 Å². The first-order valence-electron chi connectivity index (χ1n) is 9.96. The number of benzene rings is 1. The van der Waals surface area contributed by atoms with E-state index in [1.165, 1.54) is 49.6 Å². The molecule has 6 heteroatoms. The van der Waals surface area contributed by atoms with Gasteiger partial charge in [0.2, 0.25) is 11.8 Å². The molecule has 1 heterocycles. The molecule has 0 radical (unpaired) electrons. The number of carbonyl (C=O) groups excluding carboxylic acids is 2. The first kappa shape index (κ1) is 18.8. The minimum atomic E-state index is -0.465. The van der Waals surface area contributed by atoms with Gasteiger partial charge in [-0.15, -0.1) is 11.8 Å². The van der Waals surface area contributed by atoms with Crippen molar-refractivity contribution in [3.63, 3.8) is 0 Å². The van der Waals surface area contributed by atoms with Gasteiger partial charge in [-0.1, -0.05) is 18.6 Å². The zero-order valence-electron chi connectivity index (χ0n) is 15.6. The van der Waals surface area contributed by atoms with Crippen LogP contribution in [0.4, 0.5) is 4.39 Å². The highest BCUT2D eigenvalue weighted by atomic mass is 32.2. The highest BCUT2D eigenvalue weighted by molar-refractivity contribution is 8.00. The lowest BCUT2D eigenvalue weighted by Crippen LogP contribution is -2.56. The predicted octanol–water partition coefficient (Wildman–Crippen LogP) is 2.91. The maximum absolute atomic E-state index is 13.0. The molecule has 4 rings (SSSR count). The van der Waals surface area contributed by atoms with Gasteiger partial charge >= 0.3 is 0 Å². The summed E-state index contributed by atoms with van der Waals surface area (Å²) in [4.78, 5) is 25.1. The van der Waals surface area contributed by atoms with Crippen LogP contribution >= 0.6 is 11.8 Å². The summed E-state index contributed by atoms with van der Waals surface area (Å²) in [5.41, 5.74) is 0.928. The van der Waals surface area contributed by atoms with Crippen LogP contribution < -0.4 is 10.6 Å². The minimum absolute atomic E-state index is 0.0636. The van der Waals surface area contributed by atoms with Crippen LogP contribution in [-0.2, 0) is 16.0 Å². The van der Waals surface area contributed by atoms with Crippen LogP contribution in [-0.4, -0.2) is 34.9 Å². The Morgan fingerprint density at radius 1 is 1.30 bits per heavy atom. The van der Waals surface area contributed by atoms with Crippen molar-refractivity contribution in [2.45, 2.75) is 56.4 Å². The molecule has 2 aliphatic carbocycles. The number of fused-ring (bicyclic) bond motifs is 2. The SMILES string of the molecule is C[C@H](NC(=O)[C@@H]1CS[C@@H](Cc2ccc(F)cc2)C(=O)N1)[C@@H]1C[C@H]2CC[C@H]1C2. The van der Waals surface area contributed by atoms with Gasteiger partial charge in [0.15, 0.2) is 0 Å². The van der Waals surface area contributed by atoms with E-state index in [9.17, 15) is 14.0 Å². The van der Waals surface area contributed by atoms with Crippen LogP contribution in [0.2, 0.25) is 0 Å². The first-order valence-corrected chi connectivity index (χ1v) is 11.0. The Balaban J connectivity index is 1.28. The van der Waals surface area contributed by atoms with E-state index in [4.69, 9.17) is 0 Å². The monoisotopic (exact) mass is 390 g/mol. The lowest BCUT2D eigenvalue weighted by Gasteiger charge is -2.32. The van der Waals surface area contributed by atoms with Crippen molar-refractivity contribution in [1.29, 1.82) is 0 Å². The highest BCUT2D eigenvalue weighted by Gasteiger charge is 2.42. The summed E-state index contributed by atoms with van der Waals surface area (Å²) in [7, 11) is 0. The fraction of sp³-hybridized carbons (Fsp3) is 0.619. The second-order valence-corrected chi connectivity index (χ2v) is 9.59. The van der Waals surface area contributed by atoms with Gasteiger partial charge in [0.05, 0.1) is 5.25 Å². The summed E-state index contributed by atoms with van der Waals surface area (Å²) in [6.07, 6.45) is 5.76. The third kappa shape index (κ3) is 4.15. The quantitative estimate of drug-likeness (QED) is 0.813. The number of amides is 2. The predicted molar refractivity (Wildman–Crippen MR) is 105 cm³/mol. The van der Waals surface area contributed by atoms with Gasteiger partial charge in [0, 0.05) is 11.8 Å². The maximum Gasteiger partial charge on any atom is 0.243 e. The van der Waals surface area contributed by atoms with Crippen molar-refractivity contribution in [1.82, 2.24) is 10.6 Å². The van der Waals surface area contributed by atoms with Crippen molar-refractivity contribution in [3.05, 3.63) is 35.6 Å². The largest absolute Gasteiger partial charge is 0.352 e. The standard InChI is InChI=1S/C21H27FN2O2S/c1-12(17-9-14-2-5-15(17)8-14)23-20(25)18-11-27-19(21(26)24-18)10-13-3-6-16(22)7-4-13/h3-4,6-7,12,14-15,17-19H,2,5,8-11H2,1H3,(H,23,25)(H,24,26)/t12-,14-,15-,17-,18-,19-/m0/s1. The Morgan fingerprint density at radius 2 is 2.07 bits per heavy atom. The van der Waals surface area contributed by atoms with Crippen LogP contribution in [0.1, 0.15) is 38.2 Å². The summed E-state index contributed by atoms with van der Waals surface area (Å²) >= 11 is 1.51. The lowest BCUT2D eigenvalue weighted by molar-refractivity contribution is -0.129. The van der Waals surface area contributed by atoms with Crippen molar-refractivity contribution < 1.29 is 14.0 Å². The lowest BCUT2D eigenvalue weighted by atomic mass is 9.84. The van der Waals surface area contributed by atoms with Crippen LogP contribution in [0.15, 0.2) is 24.3 Å². The summed E-state index contributed by atoms with van der Waals surface area (Å²) in [6.45, 7) is 2.11. The Morgan fingerprint density at radius 3 is 2.70 bits per heavy atom. The molecule has 2 amide bonds. The average molecular weight is 391 g/mol. The molecular weight excluding hydrogens is 363 g/mol. The number of thioether (sulfide) groups is 1. The molecule has 4 nitrogen and oxygen atoms in total. The Labute approximate surface area is 164 Å². The fourth-order valence-corrected chi connectivity index (χ4v) is 6.25. The molecule has 1 aliphatic heterocycles. The van der Waals surface area contributed by atoms with E-state index >= 15 is 0 Å². The van der Waals surface area contributed by atoms with Crippen molar-refractivity contribution in [2.75, 3.05) is 5.75 Å². The molecule has 3 fully saturated rings. The molecule has 2 N–H and O–H groups in total. The van der Waals surface area contributed by atoms with Crippen LogP contribution in [0.3, 0.4) is 0 Å². The Bertz CT molecular complexity index is 711. The van der Waals surface area contributed by atoms with Crippen LogP contribution in [0, 0.1) is 23.6 Å². The van der Waals surface area contributed by atoms with E-state index in [2.05, 4.69) is 17.6 Å². The van der Waals surface area contributed by atoms with Crippen molar-refractivity contribution >= 4 is 23.6 Å². The number of halogens is 1. The number of nitrogens with one attached hydrogen (secondary N) is 2. The molecule has 0 aromatic heterocycles. The summed E-state index contributed by atoms with van der Waals surface area (Å²) < 4.78 is 13.0. The zero-order chi connectivity index (χ0) is 19.0.